The van der Waals surface area contributed by atoms with Crippen LogP contribution in [0.25, 0.3) is 0 Å². The largest absolute Gasteiger partial charge is 0.269 e. The Morgan fingerprint density at radius 3 is 2.05 bits per heavy atom. The van der Waals surface area contributed by atoms with Gasteiger partial charge in [-0.1, -0.05) is 35.0 Å². The molecule has 0 saturated heterocycles. The zero-order valence-electron chi connectivity index (χ0n) is 11.4. The lowest BCUT2D eigenvalue weighted by Crippen LogP contribution is -2.48. The Labute approximate surface area is 122 Å². The average molecular weight is 324 g/mol. The molecule has 0 aliphatic carbocycles. The summed E-state index contributed by atoms with van der Waals surface area (Å²) in [6, 6.07) is 7.03. The molecular formula is C15H18BrNO2. The normalized spacial score (nSPS) is 16.7. The monoisotopic (exact) mass is 323 g/mol. The van der Waals surface area contributed by atoms with E-state index in [1.165, 1.54) is 4.90 Å². The van der Waals surface area contributed by atoms with E-state index >= 15 is 0 Å². The first-order valence-electron chi connectivity index (χ1n) is 6.42. The van der Waals surface area contributed by atoms with Crippen molar-refractivity contribution in [3.8, 4) is 0 Å². The summed E-state index contributed by atoms with van der Waals surface area (Å²) >= 11 is 3.45. The Bertz CT molecular complexity index is 490. The van der Waals surface area contributed by atoms with Crippen molar-refractivity contribution in [2.24, 2.45) is 5.92 Å². The van der Waals surface area contributed by atoms with Crippen LogP contribution >= 0.6 is 15.9 Å². The molecule has 1 aliphatic heterocycles. The van der Waals surface area contributed by atoms with Gasteiger partial charge in [0.1, 0.15) is 0 Å². The van der Waals surface area contributed by atoms with Crippen LogP contribution in [0.15, 0.2) is 24.3 Å². The highest BCUT2D eigenvalue weighted by molar-refractivity contribution is 9.09. The highest BCUT2D eigenvalue weighted by atomic mass is 79.9. The van der Waals surface area contributed by atoms with Crippen molar-refractivity contribution in [2.45, 2.75) is 32.7 Å². The van der Waals surface area contributed by atoms with Crippen molar-refractivity contribution in [1.82, 2.24) is 4.90 Å². The number of fused-ring (bicyclic) bond motifs is 1. The molecule has 2 amide bonds. The lowest BCUT2D eigenvalue weighted by molar-refractivity contribution is 0.0448. The van der Waals surface area contributed by atoms with Gasteiger partial charge in [-0.15, -0.1) is 0 Å². The maximum absolute atomic E-state index is 12.4. The third-order valence-corrected chi connectivity index (χ3v) is 4.62. The Morgan fingerprint density at radius 2 is 1.63 bits per heavy atom. The molecule has 0 fully saturated rings. The van der Waals surface area contributed by atoms with Crippen LogP contribution in [0.2, 0.25) is 0 Å². The van der Waals surface area contributed by atoms with Gasteiger partial charge in [0.25, 0.3) is 11.8 Å². The van der Waals surface area contributed by atoms with E-state index in [1.54, 1.807) is 24.3 Å². The molecule has 1 aliphatic rings. The summed E-state index contributed by atoms with van der Waals surface area (Å²) in [6.45, 7) is 6.01. The van der Waals surface area contributed by atoms with Crippen LogP contribution in [0.1, 0.15) is 47.9 Å². The number of imide groups is 1. The summed E-state index contributed by atoms with van der Waals surface area (Å²) in [7, 11) is 0. The smallest absolute Gasteiger partial charge is 0.262 e. The molecule has 1 aromatic carbocycles. The Balaban J connectivity index is 2.33. The van der Waals surface area contributed by atoms with Gasteiger partial charge in [-0.25, -0.2) is 0 Å². The molecule has 0 saturated carbocycles. The molecule has 0 bridgehead atoms. The molecule has 1 aromatic rings. The molecule has 19 heavy (non-hydrogen) atoms. The number of nitrogens with zero attached hydrogens (tertiary/aromatic N) is 1. The zero-order valence-corrected chi connectivity index (χ0v) is 13.0. The van der Waals surface area contributed by atoms with E-state index in [0.29, 0.717) is 17.0 Å². The van der Waals surface area contributed by atoms with Gasteiger partial charge in [-0.2, -0.15) is 0 Å². The SMILES string of the molecule is CC(CBr)CC(C)(C)N1C(=O)c2ccccc2C1=O. The number of carbonyl (C=O) groups is 2. The maximum Gasteiger partial charge on any atom is 0.262 e. The van der Waals surface area contributed by atoms with Gasteiger partial charge in [0.2, 0.25) is 0 Å². The van der Waals surface area contributed by atoms with Gasteiger partial charge >= 0.3 is 0 Å². The van der Waals surface area contributed by atoms with Crippen molar-refractivity contribution >= 4 is 27.7 Å². The third-order valence-electron chi connectivity index (χ3n) is 3.51. The number of amides is 2. The second-order valence-electron chi connectivity index (χ2n) is 5.77. The number of halogens is 1. The second-order valence-corrected chi connectivity index (χ2v) is 6.41. The fourth-order valence-electron chi connectivity index (χ4n) is 2.74. The molecule has 0 radical (unpaired) electrons. The van der Waals surface area contributed by atoms with E-state index < -0.39 is 5.54 Å². The molecule has 102 valence electrons. The van der Waals surface area contributed by atoms with Crippen molar-refractivity contribution in [2.75, 3.05) is 5.33 Å². The number of benzene rings is 1. The van der Waals surface area contributed by atoms with Crippen LogP contribution in [0, 0.1) is 5.92 Å². The lowest BCUT2D eigenvalue weighted by Gasteiger charge is -2.35. The van der Waals surface area contributed by atoms with Crippen LogP contribution in [0.3, 0.4) is 0 Å². The predicted octanol–water partition coefficient (Wildman–Crippen LogP) is 3.48. The minimum atomic E-state index is -0.472. The van der Waals surface area contributed by atoms with Gasteiger partial charge in [-0.3, -0.25) is 14.5 Å². The molecule has 1 atom stereocenters. The summed E-state index contributed by atoms with van der Waals surface area (Å²) < 4.78 is 0. The van der Waals surface area contributed by atoms with Gasteiger partial charge in [0.05, 0.1) is 11.1 Å². The molecule has 0 spiro atoms. The Kier molecular flexibility index (Phi) is 3.81. The first-order chi connectivity index (χ1) is 8.88. The average Bonchev–Trinajstić information content (AvgIpc) is 2.62. The molecule has 0 aromatic heterocycles. The number of hydrogen-bond acceptors (Lipinski definition) is 2. The van der Waals surface area contributed by atoms with E-state index in [4.69, 9.17) is 0 Å². The van der Waals surface area contributed by atoms with Crippen molar-refractivity contribution in [3.05, 3.63) is 35.4 Å². The Hall–Kier alpha value is -1.16. The highest BCUT2D eigenvalue weighted by Gasteiger charge is 2.44. The van der Waals surface area contributed by atoms with Gasteiger partial charge in [0, 0.05) is 10.9 Å². The molecular weight excluding hydrogens is 306 g/mol. The van der Waals surface area contributed by atoms with E-state index in [9.17, 15) is 9.59 Å². The quantitative estimate of drug-likeness (QED) is 0.628. The fourth-order valence-corrected chi connectivity index (χ4v) is 2.97. The standard InChI is InChI=1S/C15H18BrNO2/c1-10(9-16)8-15(2,3)17-13(18)11-6-4-5-7-12(11)14(17)19/h4-7,10H,8-9H2,1-3H3. The summed E-state index contributed by atoms with van der Waals surface area (Å²) in [5.41, 5.74) is 0.569. The van der Waals surface area contributed by atoms with Gasteiger partial charge in [0.15, 0.2) is 0 Å². The molecule has 3 nitrogen and oxygen atoms in total. The molecule has 0 N–H and O–H groups in total. The topological polar surface area (TPSA) is 37.4 Å². The summed E-state index contributed by atoms with van der Waals surface area (Å²) in [6.07, 6.45) is 0.781. The van der Waals surface area contributed by atoms with Crippen LogP contribution in [-0.2, 0) is 0 Å². The van der Waals surface area contributed by atoms with Crippen LogP contribution in [0.5, 0.6) is 0 Å². The van der Waals surface area contributed by atoms with Gasteiger partial charge in [-0.05, 0) is 38.3 Å². The first-order valence-corrected chi connectivity index (χ1v) is 7.54. The molecule has 4 heteroatoms. The van der Waals surface area contributed by atoms with Crippen LogP contribution in [-0.4, -0.2) is 27.6 Å². The van der Waals surface area contributed by atoms with Crippen molar-refractivity contribution < 1.29 is 9.59 Å². The summed E-state index contributed by atoms with van der Waals surface area (Å²) in [5.74, 6) is 0.0547. The highest BCUT2D eigenvalue weighted by Crippen LogP contribution is 2.33. The Morgan fingerprint density at radius 1 is 1.16 bits per heavy atom. The minimum Gasteiger partial charge on any atom is -0.269 e. The van der Waals surface area contributed by atoms with Gasteiger partial charge < -0.3 is 0 Å². The van der Waals surface area contributed by atoms with E-state index in [-0.39, 0.29) is 11.8 Å². The summed E-state index contributed by atoms with van der Waals surface area (Å²) in [4.78, 5) is 26.2. The molecule has 1 heterocycles. The van der Waals surface area contributed by atoms with E-state index in [0.717, 1.165) is 11.8 Å². The predicted molar refractivity (Wildman–Crippen MR) is 78.6 cm³/mol. The van der Waals surface area contributed by atoms with Crippen molar-refractivity contribution in [1.29, 1.82) is 0 Å². The molecule has 1 unspecified atom stereocenters. The van der Waals surface area contributed by atoms with Crippen molar-refractivity contribution in [3.63, 3.8) is 0 Å². The zero-order chi connectivity index (χ0) is 14.2. The lowest BCUT2D eigenvalue weighted by atomic mass is 9.91. The second kappa shape index (κ2) is 5.08. The summed E-state index contributed by atoms with van der Waals surface area (Å²) in [5, 5.41) is 0.861. The van der Waals surface area contributed by atoms with Crippen LogP contribution in [0.4, 0.5) is 0 Å². The number of rotatable bonds is 4. The maximum atomic E-state index is 12.4. The number of carbonyl (C=O) groups excluding carboxylic acids is 2. The van der Waals surface area contributed by atoms with Crippen LogP contribution < -0.4 is 0 Å². The fraction of sp³-hybridized carbons (Fsp3) is 0.467. The number of alkyl halides is 1. The molecule has 2 rings (SSSR count). The first kappa shape index (κ1) is 14.3. The third kappa shape index (κ3) is 2.46. The number of hydrogen-bond donors (Lipinski definition) is 0. The van der Waals surface area contributed by atoms with E-state index in [1.807, 2.05) is 13.8 Å². The minimum absolute atomic E-state index is 0.174. The van der Waals surface area contributed by atoms with E-state index in [2.05, 4.69) is 22.9 Å².